The zero-order chi connectivity index (χ0) is 16.4. The van der Waals surface area contributed by atoms with Crippen molar-refractivity contribution in [3.63, 3.8) is 0 Å². The van der Waals surface area contributed by atoms with E-state index in [1.165, 1.54) is 27.6 Å². The molecule has 1 aromatic heterocycles. The first-order valence-electron chi connectivity index (χ1n) is 7.43. The van der Waals surface area contributed by atoms with Gasteiger partial charge in [0.2, 0.25) is 0 Å². The van der Waals surface area contributed by atoms with Gasteiger partial charge in [-0.3, -0.25) is 9.69 Å². The van der Waals surface area contributed by atoms with Crippen LogP contribution in [0.5, 0.6) is 0 Å². The molecule has 3 aliphatic rings. The van der Waals surface area contributed by atoms with Gasteiger partial charge in [0, 0.05) is 23.7 Å². The van der Waals surface area contributed by atoms with Crippen LogP contribution in [0.4, 0.5) is 0 Å². The van der Waals surface area contributed by atoms with E-state index in [0.717, 1.165) is 23.6 Å². The predicted octanol–water partition coefficient (Wildman–Crippen LogP) is 1.49. The molecule has 0 spiro atoms. The van der Waals surface area contributed by atoms with E-state index in [-0.39, 0.29) is 46.5 Å². The molecule has 0 aliphatic carbocycles. The molecule has 1 fully saturated rings. The molecule has 0 radical (unpaired) electrons. The molecule has 8 heteroatoms. The van der Waals surface area contributed by atoms with E-state index in [4.69, 9.17) is 5.11 Å². The van der Waals surface area contributed by atoms with E-state index in [0.29, 0.717) is 5.57 Å². The Labute approximate surface area is 169 Å². The number of carboxylic acid groups (broad SMARTS) is 1. The second-order valence-electron chi connectivity index (χ2n) is 5.85. The quantitative estimate of drug-likeness (QED) is 0.425. The number of aliphatic carboxylic acids is 1. The summed E-state index contributed by atoms with van der Waals surface area (Å²) < 4.78 is 2.07. The van der Waals surface area contributed by atoms with Gasteiger partial charge in [0.1, 0.15) is 16.9 Å². The molecule has 5 rings (SSSR count). The zero-order valence-electron chi connectivity index (χ0n) is 12.3. The molecule has 0 bridgehead atoms. The Kier molecular flexibility index (Phi) is 3.92. The number of thioether (sulfide) groups is 1. The van der Waals surface area contributed by atoms with Crippen molar-refractivity contribution < 1.29 is 14.7 Å². The first-order chi connectivity index (χ1) is 11.6. The van der Waals surface area contributed by atoms with Crippen molar-refractivity contribution in [1.29, 1.82) is 0 Å². The van der Waals surface area contributed by atoms with Gasteiger partial charge in [-0.15, -0.1) is 11.8 Å². The van der Waals surface area contributed by atoms with Crippen LogP contribution in [0.25, 0.3) is 17.5 Å². The van der Waals surface area contributed by atoms with Gasteiger partial charge in [-0.1, -0.05) is 24.3 Å². The number of nitrogens with zero attached hydrogens (tertiary/aromatic N) is 3. The van der Waals surface area contributed by atoms with Gasteiger partial charge in [0.15, 0.2) is 0 Å². The van der Waals surface area contributed by atoms with E-state index < -0.39 is 5.97 Å². The van der Waals surface area contributed by atoms with E-state index in [1.807, 2.05) is 24.4 Å². The number of hydrogen-bond donors (Lipinski definition) is 1. The van der Waals surface area contributed by atoms with Gasteiger partial charge in [-0.25, -0.2) is 9.78 Å². The molecule has 1 aromatic carbocycles. The zero-order valence-corrected chi connectivity index (χ0v) is 13.2. The van der Waals surface area contributed by atoms with Crippen LogP contribution in [-0.2, 0) is 16.1 Å². The van der Waals surface area contributed by atoms with Crippen LogP contribution in [0, 0.1) is 0 Å². The Morgan fingerprint density at radius 2 is 2.16 bits per heavy atom. The number of imidazole rings is 1. The van der Waals surface area contributed by atoms with Gasteiger partial charge in [0.05, 0.1) is 11.3 Å². The van der Waals surface area contributed by atoms with Crippen LogP contribution >= 0.6 is 11.8 Å². The molecule has 120 valence electrons. The molecule has 6 nitrogen and oxygen atoms in total. The van der Waals surface area contributed by atoms with Crippen LogP contribution in [-0.4, -0.2) is 66.4 Å². The summed E-state index contributed by atoms with van der Waals surface area (Å²) in [6, 6.07) is 8.14. The second kappa shape index (κ2) is 5.88. The average Bonchev–Trinajstić information content (AvgIpc) is 3.22. The van der Waals surface area contributed by atoms with Crippen LogP contribution < -0.4 is 0 Å². The first-order valence-corrected chi connectivity index (χ1v) is 8.37. The maximum atomic E-state index is 12.2. The van der Waals surface area contributed by atoms with Crippen LogP contribution in [0.2, 0.25) is 0 Å². The molecule has 4 heterocycles. The fourth-order valence-electron chi connectivity index (χ4n) is 3.33. The summed E-state index contributed by atoms with van der Waals surface area (Å²) >= 11 is 1.34. The van der Waals surface area contributed by atoms with E-state index in [2.05, 4.69) is 15.6 Å². The Hall–Kier alpha value is -1.80. The molecule has 1 amide bonds. The van der Waals surface area contributed by atoms with Crippen molar-refractivity contribution in [1.82, 2.24) is 14.5 Å². The minimum atomic E-state index is -1.07. The maximum absolute atomic E-state index is 12.2. The number of hydrogen-bond acceptors (Lipinski definition) is 4. The third-order valence-electron chi connectivity index (χ3n) is 4.45. The monoisotopic (exact) mass is 361 g/mol. The number of carbonyl (C=O) groups excluding carboxylic acids is 1. The van der Waals surface area contributed by atoms with Crippen LogP contribution in [0.1, 0.15) is 11.3 Å². The fourth-order valence-corrected chi connectivity index (χ4v) is 4.45. The standard InChI is InChI=1S/C17H11N3O3S.Na.H/c21-15-12(16-20(15)13(8-24-16)17(22)23)5-10-7-19-6-9-3-1-2-4-11(9)14(19)18-10;;/h1-5,7-8,16H,6H2,(H,22,23);;/b12-5-;;. The number of fused-ring (bicyclic) bond motifs is 4. The summed E-state index contributed by atoms with van der Waals surface area (Å²) in [4.78, 5) is 29.3. The van der Waals surface area contributed by atoms with E-state index in [1.54, 1.807) is 6.08 Å². The molecule has 0 saturated carbocycles. The Morgan fingerprint density at radius 3 is 2.96 bits per heavy atom. The SMILES string of the molecule is O=C(O)C1=CSC2/C(=C\c3cn4c(n3)-c3ccccc3C4)C(=O)N12.[NaH]. The molecule has 1 unspecified atom stereocenters. The summed E-state index contributed by atoms with van der Waals surface area (Å²) in [7, 11) is 0. The molecule has 1 N–H and O–H groups in total. The third-order valence-corrected chi connectivity index (χ3v) is 5.53. The number of rotatable bonds is 2. The molecule has 1 atom stereocenters. The van der Waals surface area contributed by atoms with Crippen molar-refractivity contribution in [3.8, 4) is 11.4 Å². The summed E-state index contributed by atoms with van der Waals surface area (Å²) in [5.74, 6) is -0.424. The first kappa shape index (κ1) is 16.7. The normalized spacial score (nSPS) is 21.2. The molecule has 1 saturated heterocycles. The van der Waals surface area contributed by atoms with Crippen molar-refractivity contribution in [2.45, 2.75) is 11.9 Å². The Bertz CT molecular complexity index is 995. The van der Waals surface area contributed by atoms with Gasteiger partial charge < -0.3 is 9.67 Å². The number of carboxylic acids is 1. The van der Waals surface area contributed by atoms with Crippen molar-refractivity contribution in [3.05, 3.63) is 58.4 Å². The van der Waals surface area contributed by atoms with E-state index >= 15 is 0 Å². The summed E-state index contributed by atoms with van der Waals surface area (Å²) in [5, 5.41) is 10.4. The molecule has 3 aliphatic heterocycles. The van der Waals surface area contributed by atoms with E-state index in [9.17, 15) is 9.59 Å². The average molecular weight is 361 g/mol. The van der Waals surface area contributed by atoms with Crippen molar-refractivity contribution >= 4 is 59.3 Å². The van der Waals surface area contributed by atoms with Gasteiger partial charge in [-0.2, -0.15) is 0 Å². The second-order valence-corrected chi connectivity index (χ2v) is 6.80. The molecular formula is C17H12N3NaO3S. The van der Waals surface area contributed by atoms with Crippen molar-refractivity contribution in [2.75, 3.05) is 0 Å². The fraction of sp³-hybridized carbons (Fsp3) is 0.118. The molecular weight excluding hydrogens is 349 g/mol. The molecule has 25 heavy (non-hydrogen) atoms. The number of aromatic nitrogens is 2. The topological polar surface area (TPSA) is 75.4 Å². The van der Waals surface area contributed by atoms with Gasteiger partial charge in [-0.05, 0) is 11.6 Å². The van der Waals surface area contributed by atoms with Gasteiger partial charge >= 0.3 is 35.5 Å². The van der Waals surface area contributed by atoms with Gasteiger partial charge in [0.25, 0.3) is 5.91 Å². The van der Waals surface area contributed by atoms with Crippen molar-refractivity contribution in [2.24, 2.45) is 0 Å². The number of amides is 1. The summed E-state index contributed by atoms with van der Waals surface area (Å²) in [6.07, 6.45) is 3.70. The number of benzene rings is 1. The Morgan fingerprint density at radius 1 is 1.36 bits per heavy atom. The predicted molar refractivity (Wildman–Crippen MR) is 95.8 cm³/mol. The minimum absolute atomic E-state index is 0. The summed E-state index contributed by atoms with van der Waals surface area (Å²) in [5.41, 5.74) is 3.73. The molecule has 2 aromatic rings. The number of carbonyl (C=O) groups is 2. The van der Waals surface area contributed by atoms with Crippen LogP contribution in [0.15, 0.2) is 47.1 Å². The Balaban J connectivity index is 0.00000157. The summed E-state index contributed by atoms with van der Waals surface area (Å²) in [6.45, 7) is 0.782. The number of β-lactam (4-membered cyclic amide) rings is 1. The third kappa shape index (κ3) is 2.34. The van der Waals surface area contributed by atoms with Crippen LogP contribution in [0.3, 0.4) is 0 Å².